The molecule has 0 aliphatic carbocycles. The molecule has 0 unspecified atom stereocenters. The van der Waals surface area contributed by atoms with E-state index in [9.17, 15) is 4.79 Å². The number of methoxy groups -OCH3 is 1. The Bertz CT molecular complexity index is 654. The molecular weight excluding hydrogens is 324 g/mol. The van der Waals surface area contributed by atoms with Gasteiger partial charge in [0.15, 0.2) is 0 Å². The number of hydrogen-bond acceptors (Lipinski definition) is 5. The van der Waals surface area contributed by atoms with Crippen LogP contribution < -0.4 is 10.1 Å². The van der Waals surface area contributed by atoms with E-state index in [1.807, 2.05) is 30.0 Å². The van der Waals surface area contributed by atoms with Crippen molar-refractivity contribution in [3.8, 4) is 5.75 Å². The third-order valence-electron chi connectivity index (χ3n) is 4.20. The maximum atomic E-state index is 12.5. The van der Waals surface area contributed by atoms with Crippen LogP contribution in [-0.2, 0) is 0 Å². The highest BCUT2D eigenvalue weighted by Crippen LogP contribution is 2.24. The molecule has 128 valence electrons. The molecule has 1 aromatic heterocycles. The Morgan fingerprint density at radius 2 is 2.21 bits per heavy atom. The van der Waals surface area contributed by atoms with Crippen LogP contribution in [0.1, 0.15) is 22.0 Å². The van der Waals surface area contributed by atoms with E-state index < -0.39 is 0 Å². The zero-order valence-corrected chi connectivity index (χ0v) is 14.6. The molecule has 5 nitrogen and oxygen atoms in total. The van der Waals surface area contributed by atoms with Crippen LogP contribution in [0.3, 0.4) is 0 Å². The number of hydrogen-bond donors (Lipinski definition) is 1. The number of rotatable bonds is 6. The van der Waals surface area contributed by atoms with E-state index >= 15 is 0 Å². The van der Waals surface area contributed by atoms with Crippen molar-refractivity contribution in [1.82, 2.24) is 10.2 Å². The molecule has 0 spiro atoms. The monoisotopic (exact) mass is 346 g/mol. The second kappa shape index (κ2) is 8.26. The van der Waals surface area contributed by atoms with Gasteiger partial charge in [-0.05, 0) is 24.3 Å². The molecule has 1 fully saturated rings. The molecule has 2 heterocycles. The van der Waals surface area contributed by atoms with Gasteiger partial charge in [0.2, 0.25) is 0 Å². The first-order valence-corrected chi connectivity index (χ1v) is 9.19. The average molecular weight is 346 g/mol. The molecule has 1 N–H and O–H groups in total. The molecule has 6 heteroatoms. The van der Waals surface area contributed by atoms with Crippen molar-refractivity contribution in [3.05, 3.63) is 54.0 Å². The fraction of sp³-hybridized carbons (Fsp3) is 0.389. The van der Waals surface area contributed by atoms with Crippen molar-refractivity contribution in [2.75, 3.05) is 38.2 Å². The number of carbonyl (C=O) groups is 1. The Kier molecular flexibility index (Phi) is 5.82. The van der Waals surface area contributed by atoms with Crippen molar-refractivity contribution in [3.63, 3.8) is 0 Å². The van der Waals surface area contributed by atoms with Crippen LogP contribution in [0.2, 0.25) is 0 Å². The van der Waals surface area contributed by atoms with Gasteiger partial charge < -0.3 is 14.5 Å². The Morgan fingerprint density at radius 1 is 1.38 bits per heavy atom. The van der Waals surface area contributed by atoms with Crippen LogP contribution in [0.5, 0.6) is 5.75 Å². The summed E-state index contributed by atoms with van der Waals surface area (Å²) in [5.41, 5.74) is 1.71. The van der Waals surface area contributed by atoms with Crippen LogP contribution in [0.25, 0.3) is 0 Å². The number of carbonyl (C=O) groups excluding carboxylic acids is 1. The molecule has 1 saturated heterocycles. The second-order valence-electron chi connectivity index (χ2n) is 5.66. The molecule has 24 heavy (non-hydrogen) atoms. The fourth-order valence-corrected chi connectivity index (χ4v) is 3.80. The maximum absolute atomic E-state index is 12.5. The molecule has 1 aliphatic rings. The van der Waals surface area contributed by atoms with Gasteiger partial charge in [-0.2, -0.15) is 11.8 Å². The molecule has 1 aliphatic heterocycles. The van der Waals surface area contributed by atoms with E-state index in [2.05, 4.69) is 10.2 Å². The number of nitrogens with one attached hydrogen (secondary N) is 1. The summed E-state index contributed by atoms with van der Waals surface area (Å²) >= 11 is 1.97. The molecule has 0 saturated carbocycles. The minimum atomic E-state index is -0.0891. The lowest BCUT2D eigenvalue weighted by Crippen LogP contribution is -2.41. The molecule has 0 bridgehead atoms. The molecule has 1 amide bonds. The smallest absolute Gasteiger partial charge is 0.251 e. The summed E-state index contributed by atoms with van der Waals surface area (Å²) in [6, 6.07) is 9.31. The summed E-state index contributed by atoms with van der Waals surface area (Å²) < 4.78 is 10.4. The second-order valence-corrected chi connectivity index (χ2v) is 6.89. The number of amides is 1. The van der Waals surface area contributed by atoms with E-state index in [1.165, 1.54) is 0 Å². The van der Waals surface area contributed by atoms with Gasteiger partial charge in [-0.1, -0.05) is 6.07 Å². The van der Waals surface area contributed by atoms with Crippen LogP contribution >= 0.6 is 11.8 Å². The van der Waals surface area contributed by atoms with Gasteiger partial charge in [-0.25, -0.2) is 0 Å². The number of ether oxygens (including phenoxy) is 1. The van der Waals surface area contributed by atoms with Crippen LogP contribution in [0.4, 0.5) is 0 Å². The molecule has 1 aromatic carbocycles. The van der Waals surface area contributed by atoms with Crippen molar-refractivity contribution >= 4 is 17.7 Å². The van der Waals surface area contributed by atoms with Gasteiger partial charge in [-0.15, -0.1) is 0 Å². The molecular formula is C18H22N2O3S. The summed E-state index contributed by atoms with van der Waals surface area (Å²) in [5, 5.41) is 3.05. The quantitative estimate of drug-likeness (QED) is 0.872. The van der Waals surface area contributed by atoms with Crippen LogP contribution in [-0.4, -0.2) is 49.1 Å². The minimum Gasteiger partial charge on any atom is -0.497 e. The van der Waals surface area contributed by atoms with Gasteiger partial charge in [0.1, 0.15) is 5.75 Å². The summed E-state index contributed by atoms with van der Waals surface area (Å²) in [6.45, 7) is 2.60. The molecule has 2 aromatic rings. The normalized spacial score (nSPS) is 16.5. The maximum Gasteiger partial charge on any atom is 0.251 e. The first-order valence-electron chi connectivity index (χ1n) is 8.04. The SMILES string of the molecule is COc1cccc(C(=O)NC[C@H](c2ccoc2)N2CCSCC2)c1. The van der Waals surface area contributed by atoms with Crippen LogP contribution in [0, 0.1) is 0 Å². The Labute approximate surface area is 146 Å². The van der Waals surface area contributed by atoms with Gasteiger partial charge in [0.05, 0.1) is 25.7 Å². The summed E-state index contributed by atoms with van der Waals surface area (Å²) in [7, 11) is 1.60. The van der Waals surface area contributed by atoms with E-state index in [1.54, 1.807) is 31.8 Å². The number of thioether (sulfide) groups is 1. The van der Waals surface area contributed by atoms with Gasteiger partial charge >= 0.3 is 0 Å². The lowest BCUT2D eigenvalue weighted by atomic mass is 10.1. The van der Waals surface area contributed by atoms with Gasteiger partial charge in [0, 0.05) is 42.3 Å². The molecule has 0 radical (unpaired) electrons. The highest BCUT2D eigenvalue weighted by atomic mass is 32.2. The van der Waals surface area contributed by atoms with E-state index in [0.29, 0.717) is 17.9 Å². The van der Waals surface area contributed by atoms with E-state index in [4.69, 9.17) is 9.15 Å². The molecule has 3 rings (SSSR count). The first-order chi connectivity index (χ1) is 11.8. The lowest BCUT2D eigenvalue weighted by Gasteiger charge is -2.34. The van der Waals surface area contributed by atoms with Crippen molar-refractivity contribution in [2.45, 2.75) is 6.04 Å². The van der Waals surface area contributed by atoms with Crippen molar-refractivity contribution in [1.29, 1.82) is 0 Å². The summed E-state index contributed by atoms with van der Waals surface area (Å²) in [5.74, 6) is 2.84. The van der Waals surface area contributed by atoms with Gasteiger partial charge in [0.25, 0.3) is 5.91 Å². The fourth-order valence-electron chi connectivity index (χ4n) is 2.87. The predicted octanol–water partition coefficient (Wildman–Crippen LogP) is 2.81. The zero-order valence-electron chi connectivity index (χ0n) is 13.7. The predicted molar refractivity (Wildman–Crippen MR) is 95.7 cm³/mol. The standard InChI is InChI=1S/C18H22N2O3S/c1-22-16-4-2-3-14(11-16)18(21)19-12-17(15-5-8-23-13-15)20-6-9-24-10-7-20/h2-5,8,11,13,17H,6-7,9-10,12H2,1H3,(H,19,21)/t17-/m1/s1. The van der Waals surface area contributed by atoms with Crippen molar-refractivity contribution in [2.24, 2.45) is 0 Å². The zero-order chi connectivity index (χ0) is 16.8. The highest BCUT2D eigenvalue weighted by Gasteiger charge is 2.24. The topological polar surface area (TPSA) is 54.7 Å². The first kappa shape index (κ1) is 16.9. The van der Waals surface area contributed by atoms with E-state index in [0.717, 1.165) is 30.2 Å². The lowest BCUT2D eigenvalue weighted by molar-refractivity contribution is 0.0934. The highest BCUT2D eigenvalue weighted by molar-refractivity contribution is 7.99. The molecule has 1 atom stereocenters. The van der Waals surface area contributed by atoms with Crippen LogP contribution in [0.15, 0.2) is 47.3 Å². The number of benzene rings is 1. The Morgan fingerprint density at radius 3 is 2.92 bits per heavy atom. The largest absolute Gasteiger partial charge is 0.497 e. The Balaban J connectivity index is 1.67. The average Bonchev–Trinajstić information content (AvgIpc) is 3.17. The Hall–Kier alpha value is -1.92. The number of nitrogens with zero attached hydrogens (tertiary/aromatic N) is 1. The number of furan rings is 1. The summed E-state index contributed by atoms with van der Waals surface area (Å²) in [6.07, 6.45) is 3.45. The van der Waals surface area contributed by atoms with E-state index in [-0.39, 0.29) is 11.9 Å². The summed E-state index contributed by atoms with van der Waals surface area (Å²) in [4.78, 5) is 14.9. The third-order valence-corrected chi connectivity index (χ3v) is 5.14. The van der Waals surface area contributed by atoms with Gasteiger partial charge in [-0.3, -0.25) is 9.69 Å². The minimum absolute atomic E-state index is 0.0891. The van der Waals surface area contributed by atoms with Crippen molar-refractivity contribution < 1.29 is 13.9 Å². The third kappa shape index (κ3) is 4.13.